The summed E-state index contributed by atoms with van der Waals surface area (Å²) in [4.78, 5) is 28.7. The van der Waals surface area contributed by atoms with Gasteiger partial charge in [0.05, 0.1) is 0 Å². The zero-order valence-electron chi connectivity index (χ0n) is 17.3. The molecule has 0 saturated heterocycles. The Kier molecular flexibility index (Phi) is 5.50. The van der Waals surface area contributed by atoms with Crippen molar-refractivity contribution in [2.24, 2.45) is 0 Å². The number of carbonyl (C=O) groups is 2. The van der Waals surface area contributed by atoms with E-state index in [0.29, 0.717) is 19.5 Å². The number of hydrogen-bond donors (Lipinski definition) is 0. The summed E-state index contributed by atoms with van der Waals surface area (Å²) in [6.07, 6.45) is 2.93. The summed E-state index contributed by atoms with van der Waals surface area (Å²) in [6.45, 7) is 12.0. The van der Waals surface area contributed by atoms with Gasteiger partial charge in [0.25, 0.3) is 0 Å². The van der Waals surface area contributed by atoms with Crippen molar-refractivity contribution in [3.05, 3.63) is 28.8 Å². The maximum Gasteiger partial charge on any atom is 0.410 e. The Morgan fingerprint density at radius 2 is 1.93 bits per heavy atom. The molecule has 0 spiro atoms. The number of benzene rings is 1. The van der Waals surface area contributed by atoms with Crippen molar-refractivity contribution in [3.8, 4) is 0 Å². The molecule has 1 aromatic carbocycles. The van der Waals surface area contributed by atoms with Crippen LogP contribution in [0.15, 0.2) is 12.1 Å². The summed E-state index contributed by atoms with van der Waals surface area (Å²) < 4.78 is 5.58. The largest absolute Gasteiger partial charge is 0.444 e. The zero-order chi connectivity index (χ0) is 19.8. The number of fused-ring (bicyclic) bond motifs is 2. The van der Waals surface area contributed by atoms with Crippen LogP contribution in [0.4, 0.5) is 10.5 Å². The predicted molar refractivity (Wildman–Crippen MR) is 107 cm³/mol. The summed E-state index contributed by atoms with van der Waals surface area (Å²) in [7, 11) is 0. The van der Waals surface area contributed by atoms with E-state index in [0.717, 1.165) is 31.5 Å². The zero-order valence-corrected chi connectivity index (χ0v) is 17.3. The van der Waals surface area contributed by atoms with Gasteiger partial charge in [0, 0.05) is 31.7 Å². The molecule has 0 fully saturated rings. The number of ether oxygens (including phenoxy) is 1. The van der Waals surface area contributed by atoms with E-state index in [4.69, 9.17) is 4.74 Å². The van der Waals surface area contributed by atoms with E-state index in [1.807, 2.05) is 30.6 Å². The van der Waals surface area contributed by atoms with Crippen LogP contribution < -0.4 is 4.90 Å². The molecule has 0 bridgehead atoms. The van der Waals surface area contributed by atoms with Gasteiger partial charge in [-0.15, -0.1) is 0 Å². The fraction of sp³-hybridized carbons (Fsp3) is 0.636. The van der Waals surface area contributed by atoms with Crippen molar-refractivity contribution in [2.45, 2.75) is 71.8 Å². The molecule has 2 heterocycles. The van der Waals surface area contributed by atoms with Crippen molar-refractivity contribution in [1.29, 1.82) is 0 Å². The van der Waals surface area contributed by atoms with Gasteiger partial charge in [-0.1, -0.05) is 19.9 Å². The first-order chi connectivity index (χ1) is 12.7. The Hall–Kier alpha value is -2.04. The summed E-state index contributed by atoms with van der Waals surface area (Å²) in [5.41, 5.74) is 4.41. The van der Waals surface area contributed by atoms with E-state index in [2.05, 4.69) is 26.0 Å². The molecule has 0 saturated carbocycles. The Morgan fingerprint density at radius 3 is 2.59 bits per heavy atom. The smallest absolute Gasteiger partial charge is 0.410 e. The molecule has 0 N–H and O–H groups in total. The Bertz CT molecular complexity index is 736. The van der Waals surface area contributed by atoms with Gasteiger partial charge in [-0.2, -0.15) is 0 Å². The maximum absolute atomic E-state index is 12.6. The average molecular weight is 373 g/mol. The van der Waals surface area contributed by atoms with Gasteiger partial charge < -0.3 is 14.5 Å². The summed E-state index contributed by atoms with van der Waals surface area (Å²) in [6, 6.07) is 4.48. The minimum absolute atomic E-state index is 0.209. The second kappa shape index (κ2) is 7.53. The van der Waals surface area contributed by atoms with Crippen LogP contribution in [0.25, 0.3) is 0 Å². The summed E-state index contributed by atoms with van der Waals surface area (Å²) in [5.74, 6) is 0.432. The first-order valence-electron chi connectivity index (χ1n) is 10.1. The molecule has 0 aromatic heterocycles. The monoisotopic (exact) mass is 372 g/mol. The van der Waals surface area contributed by atoms with Gasteiger partial charge >= 0.3 is 6.09 Å². The first-order valence-corrected chi connectivity index (χ1v) is 10.1. The number of nitrogens with zero attached hydrogens (tertiary/aromatic N) is 2. The standard InChI is InChI=1S/C22H32N2O3/c1-6-10-24-19-13-18-15(2)14-23(21(26)27-22(3,4)5)11-9-16(18)12-17(19)7-8-20(24)25/h12-13,15H,6-11,14H2,1-5H3. The molecule has 2 aliphatic heterocycles. The van der Waals surface area contributed by atoms with E-state index in [9.17, 15) is 9.59 Å². The fourth-order valence-electron chi connectivity index (χ4n) is 4.07. The van der Waals surface area contributed by atoms with Crippen LogP contribution in [-0.2, 0) is 22.4 Å². The summed E-state index contributed by atoms with van der Waals surface area (Å²) >= 11 is 0. The van der Waals surface area contributed by atoms with Gasteiger partial charge in [-0.05, 0) is 68.7 Å². The minimum atomic E-state index is -0.487. The molecule has 27 heavy (non-hydrogen) atoms. The molecule has 1 unspecified atom stereocenters. The molecule has 0 radical (unpaired) electrons. The molecule has 0 aliphatic carbocycles. The van der Waals surface area contributed by atoms with E-state index < -0.39 is 5.60 Å². The molecule has 2 amide bonds. The van der Waals surface area contributed by atoms with Crippen molar-refractivity contribution < 1.29 is 14.3 Å². The lowest BCUT2D eigenvalue weighted by atomic mass is 9.89. The van der Waals surface area contributed by atoms with Crippen molar-refractivity contribution >= 4 is 17.7 Å². The van der Waals surface area contributed by atoms with Crippen LogP contribution in [0, 0.1) is 0 Å². The Labute approximate surface area is 162 Å². The second-order valence-electron chi connectivity index (χ2n) is 8.80. The summed E-state index contributed by atoms with van der Waals surface area (Å²) in [5, 5.41) is 0. The number of aryl methyl sites for hydroxylation is 1. The van der Waals surface area contributed by atoms with Crippen LogP contribution in [0.2, 0.25) is 0 Å². The van der Waals surface area contributed by atoms with Gasteiger partial charge in [0.2, 0.25) is 5.91 Å². The Balaban J connectivity index is 1.88. The number of anilines is 1. The molecule has 148 valence electrons. The minimum Gasteiger partial charge on any atom is -0.444 e. The molecule has 5 nitrogen and oxygen atoms in total. The molecule has 1 atom stereocenters. The lowest BCUT2D eigenvalue weighted by Gasteiger charge is -2.31. The van der Waals surface area contributed by atoms with Gasteiger partial charge in [-0.3, -0.25) is 4.79 Å². The number of carbonyl (C=O) groups excluding carboxylic acids is 2. The molecule has 1 aromatic rings. The number of rotatable bonds is 2. The second-order valence-corrected chi connectivity index (χ2v) is 8.80. The molecule has 2 aliphatic rings. The topological polar surface area (TPSA) is 49.9 Å². The van der Waals surface area contributed by atoms with Gasteiger partial charge in [0.1, 0.15) is 5.60 Å². The third kappa shape index (κ3) is 4.28. The average Bonchev–Trinajstić information content (AvgIpc) is 2.74. The normalized spacial score (nSPS) is 20.0. The maximum atomic E-state index is 12.6. The van der Waals surface area contributed by atoms with Crippen LogP contribution in [-0.4, -0.2) is 42.1 Å². The third-order valence-electron chi connectivity index (χ3n) is 5.32. The van der Waals surface area contributed by atoms with E-state index in [1.165, 1.54) is 16.7 Å². The highest BCUT2D eigenvalue weighted by atomic mass is 16.6. The fourth-order valence-corrected chi connectivity index (χ4v) is 4.07. The number of amides is 2. The van der Waals surface area contributed by atoms with Crippen LogP contribution in [0.1, 0.15) is 70.1 Å². The first kappa shape index (κ1) is 19.7. The van der Waals surface area contributed by atoms with Gasteiger partial charge in [0.15, 0.2) is 0 Å². The Morgan fingerprint density at radius 1 is 1.19 bits per heavy atom. The van der Waals surface area contributed by atoms with Crippen LogP contribution in [0.3, 0.4) is 0 Å². The molecular weight excluding hydrogens is 340 g/mol. The van der Waals surface area contributed by atoms with E-state index in [1.54, 1.807) is 0 Å². The highest BCUT2D eigenvalue weighted by Crippen LogP contribution is 2.36. The number of hydrogen-bond acceptors (Lipinski definition) is 3. The van der Waals surface area contributed by atoms with Crippen molar-refractivity contribution in [2.75, 3.05) is 24.5 Å². The molecular formula is C22H32N2O3. The van der Waals surface area contributed by atoms with E-state index in [-0.39, 0.29) is 17.9 Å². The quantitative estimate of drug-likeness (QED) is 0.779. The van der Waals surface area contributed by atoms with Gasteiger partial charge in [-0.25, -0.2) is 4.79 Å². The highest BCUT2D eigenvalue weighted by molar-refractivity contribution is 5.96. The lowest BCUT2D eigenvalue weighted by molar-refractivity contribution is -0.118. The van der Waals surface area contributed by atoms with Crippen molar-refractivity contribution in [1.82, 2.24) is 4.90 Å². The van der Waals surface area contributed by atoms with Crippen LogP contribution in [0.5, 0.6) is 0 Å². The SMILES string of the molecule is CCCN1C(=O)CCc2cc3c(cc21)C(C)CN(C(=O)OC(C)(C)C)CC3. The van der Waals surface area contributed by atoms with Crippen molar-refractivity contribution in [3.63, 3.8) is 0 Å². The highest BCUT2D eigenvalue weighted by Gasteiger charge is 2.30. The van der Waals surface area contributed by atoms with E-state index >= 15 is 0 Å². The van der Waals surface area contributed by atoms with Crippen LogP contribution >= 0.6 is 0 Å². The molecule has 5 heteroatoms. The lowest BCUT2D eigenvalue weighted by Crippen LogP contribution is -2.38. The third-order valence-corrected chi connectivity index (χ3v) is 5.32. The predicted octanol–water partition coefficient (Wildman–Crippen LogP) is 4.27. The molecule has 3 rings (SSSR count).